The molecule has 18 heavy (non-hydrogen) atoms. The van der Waals surface area contributed by atoms with Gasteiger partial charge in [0.1, 0.15) is 11.5 Å². The van der Waals surface area contributed by atoms with Crippen LogP contribution < -0.4 is 5.32 Å². The van der Waals surface area contributed by atoms with Crippen molar-refractivity contribution in [2.75, 3.05) is 11.9 Å². The van der Waals surface area contributed by atoms with E-state index in [0.29, 0.717) is 18.3 Å². The molecule has 1 N–H and O–H groups in total. The van der Waals surface area contributed by atoms with E-state index in [4.69, 9.17) is 0 Å². The van der Waals surface area contributed by atoms with Crippen molar-refractivity contribution < 1.29 is 13.2 Å². The molecule has 2 nitrogen and oxygen atoms in total. The Morgan fingerprint density at radius 3 is 2.72 bits per heavy atom. The summed E-state index contributed by atoms with van der Waals surface area (Å²) >= 11 is 0. The first kappa shape index (κ1) is 13.2. The predicted octanol–water partition coefficient (Wildman–Crippen LogP) is 3.95. The first-order chi connectivity index (χ1) is 8.45. The normalized spacial score (nSPS) is 24.2. The number of alkyl halides is 3. The van der Waals surface area contributed by atoms with Crippen LogP contribution in [0.15, 0.2) is 18.2 Å². The van der Waals surface area contributed by atoms with Crippen molar-refractivity contribution in [1.82, 2.24) is 4.98 Å². The van der Waals surface area contributed by atoms with Crippen molar-refractivity contribution in [3.8, 4) is 0 Å². The van der Waals surface area contributed by atoms with Crippen LogP contribution in [0, 0.1) is 11.8 Å². The van der Waals surface area contributed by atoms with Crippen molar-refractivity contribution in [1.29, 1.82) is 0 Å². The Morgan fingerprint density at radius 1 is 1.33 bits per heavy atom. The van der Waals surface area contributed by atoms with Gasteiger partial charge < -0.3 is 5.32 Å². The van der Waals surface area contributed by atoms with Gasteiger partial charge in [-0.1, -0.05) is 19.4 Å². The lowest BCUT2D eigenvalue weighted by Gasteiger charge is -2.13. The van der Waals surface area contributed by atoms with Crippen molar-refractivity contribution in [2.45, 2.75) is 32.4 Å². The third kappa shape index (κ3) is 3.37. The second-order valence-electron chi connectivity index (χ2n) is 5.07. The summed E-state index contributed by atoms with van der Waals surface area (Å²) in [6.45, 7) is 2.92. The predicted molar refractivity (Wildman–Crippen MR) is 64.2 cm³/mol. The van der Waals surface area contributed by atoms with Crippen molar-refractivity contribution in [2.24, 2.45) is 11.8 Å². The van der Waals surface area contributed by atoms with E-state index in [2.05, 4.69) is 17.2 Å². The van der Waals surface area contributed by atoms with Gasteiger partial charge in [0.05, 0.1) is 0 Å². The molecule has 1 heterocycles. The standard InChI is InChI=1S/C13H17F3N2/c1-9-5-6-10(7-9)8-17-12-4-2-3-11(18-12)13(14,15)16/h2-4,9-10H,5-8H2,1H3,(H,17,18). The lowest BCUT2D eigenvalue weighted by Crippen LogP contribution is -2.14. The Bertz CT molecular complexity index is 403. The van der Waals surface area contributed by atoms with E-state index in [1.165, 1.54) is 12.5 Å². The largest absolute Gasteiger partial charge is 0.433 e. The maximum atomic E-state index is 12.5. The highest BCUT2D eigenvalue weighted by Gasteiger charge is 2.32. The highest BCUT2D eigenvalue weighted by Crippen LogP contribution is 2.31. The molecule has 100 valence electrons. The fraction of sp³-hybridized carbons (Fsp3) is 0.615. The molecule has 5 heteroatoms. The summed E-state index contributed by atoms with van der Waals surface area (Å²) in [5.41, 5.74) is -0.840. The molecule has 1 aliphatic carbocycles. The molecule has 2 atom stereocenters. The number of hydrogen-bond donors (Lipinski definition) is 1. The van der Waals surface area contributed by atoms with E-state index in [1.54, 1.807) is 6.07 Å². The van der Waals surface area contributed by atoms with Crippen LogP contribution in [-0.2, 0) is 6.18 Å². The fourth-order valence-electron chi connectivity index (χ4n) is 2.45. The lowest BCUT2D eigenvalue weighted by molar-refractivity contribution is -0.141. The zero-order valence-electron chi connectivity index (χ0n) is 10.3. The summed E-state index contributed by atoms with van der Waals surface area (Å²) in [6.07, 6.45) is -0.874. The lowest BCUT2D eigenvalue weighted by atomic mass is 10.1. The van der Waals surface area contributed by atoms with Gasteiger partial charge in [0.25, 0.3) is 0 Å². The number of anilines is 1. The average Bonchev–Trinajstić information content (AvgIpc) is 2.72. The number of nitrogens with zero attached hydrogens (tertiary/aromatic N) is 1. The van der Waals surface area contributed by atoms with Crippen LogP contribution in [0.25, 0.3) is 0 Å². The zero-order valence-corrected chi connectivity index (χ0v) is 10.3. The number of pyridine rings is 1. The van der Waals surface area contributed by atoms with E-state index in [9.17, 15) is 13.2 Å². The molecule has 1 saturated carbocycles. The summed E-state index contributed by atoms with van der Waals surface area (Å²) in [6, 6.07) is 3.95. The Kier molecular flexibility index (Phi) is 3.78. The van der Waals surface area contributed by atoms with Gasteiger partial charge in [0, 0.05) is 6.54 Å². The molecule has 0 spiro atoms. The van der Waals surface area contributed by atoms with Crippen LogP contribution in [0.1, 0.15) is 31.9 Å². The van der Waals surface area contributed by atoms with E-state index < -0.39 is 11.9 Å². The van der Waals surface area contributed by atoms with E-state index >= 15 is 0 Å². The minimum atomic E-state index is -4.38. The van der Waals surface area contributed by atoms with Crippen LogP contribution in [0.4, 0.5) is 19.0 Å². The maximum absolute atomic E-state index is 12.5. The number of halogens is 3. The first-order valence-electron chi connectivity index (χ1n) is 6.23. The fourth-order valence-corrected chi connectivity index (χ4v) is 2.45. The van der Waals surface area contributed by atoms with Crippen LogP contribution in [-0.4, -0.2) is 11.5 Å². The summed E-state index contributed by atoms with van der Waals surface area (Å²) in [4.78, 5) is 3.59. The molecule has 1 aromatic rings. The number of hydrogen-bond acceptors (Lipinski definition) is 2. The van der Waals surface area contributed by atoms with Crippen molar-refractivity contribution in [3.63, 3.8) is 0 Å². The Labute approximate surface area is 105 Å². The molecule has 0 amide bonds. The van der Waals surface area contributed by atoms with Crippen molar-refractivity contribution in [3.05, 3.63) is 23.9 Å². The topological polar surface area (TPSA) is 24.9 Å². The summed E-state index contributed by atoms with van der Waals surface area (Å²) < 4.78 is 37.4. The summed E-state index contributed by atoms with van der Waals surface area (Å²) in [7, 11) is 0. The van der Waals surface area contributed by atoms with E-state index in [0.717, 1.165) is 24.8 Å². The van der Waals surface area contributed by atoms with E-state index in [1.807, 2.05) is 0 Å². The molecule has 0 radical (unpaired) electrons. The first-order valence-corrected chi connectivity index (χ1v) is 6.23. The molecule has 1 aliphatic rings. The number of nitrogens with one attached hydrogen (secondary N) is 1. The van der Waals surface area contributed by atoms with Crippen LogP contribution >= 0.6 is 0 Å². The van der Waals surface area contributed by atoms with Gasteiger partial charge in [0.15, 0.2) is 0 Å². The SMILES string of the molecule is CC1CCC(CNc2cccc(C(F)(F)F)n2)C1. The molecule has 1 fully saturated rings. The van der Waals surface area contributed by atoms with Crippen molar-refractivity contribution >= 4 is 5.82 Å². The van der Waals surface area contributed by atoms with E-state index in [-0.39, 0.29) is 0 Å². The van der Waals surface area contributed by atoms with Gasteiger partial charge in [-0.05, 0) is 36.8 Å². The maximum Gasteiger partial charge on any atom is 0.433 e. The third-order valence-corrected chi connectivity index (χ3v) is 3.41. The van der Waals surface area contributed by atoms with Gasteiger partial charge in [-0.15, -0.1) is 0 Å². The number of rotatable bonds is 3. The molecule has 0 bridgehead atoms. The van der Waals surface area contributed by atoms with Crippen LogP contribution in [0.5, 0.6) is 0 Å². The van der Waals surface area contributed by atoms with Crippen LogP contribution in [0.2, 0.25) is 0 Å². The molecule has 2 unspecified atom stereocenters. The van der Waals surface area contributed by atoms with Gasteiger partial charge in [-0.3, -0.25) is 0 Å². The highest BCUT2D eigenvalue weighted by atomic mass is 19.4. The van der Waals surface area contributed by atoms with Gasteiger partial charge in [-0.25, -0.2) is 4.98 Å². The Hall–Kier alpha value is -1.26. The summed E-state index contributed by atoms with van der Waals surface area (Å²) in [5.74, 6) is 1.59. The molecule has 2 rings (SSSR count). The third-order valence-electron chi connectivity index (χ3n) is 3.41. The molecular formula is C13H17F3N2. The number of aromatic nitrogens is 1. The minimum absolute atomic E-state index is 0.310. The molecule has 1 aromatic heterocycles. The Morgan fingerprint density at radius 2 is 2.11 bits per heavy atom. The monoisotopic (exact) mass is 258 g/mol. The van der Waals surface area contributed by atoms with Gasteiger partial charge in [0.2, 0.25) is 0 Å². The van der Waals surface area contributed by atoms with Gasteiger partial charge >= 0.3 is 6.18 Å². The molecular weight excluding hydrogens is 241 g/mol. The quantitative estimate of drug-likeness (QED) is 0.888. The minimum Gasteiger partial charge on any atom is -0.370 e. The summed E-state index contributed by atoms with van der Waals surface area (Å²) in [5, 5.41) is 3.01. The molecule has 0 aromatic carbocycles. The second kappa shape index (κ2) is 5.16. The van der Waals surface area contributed by atoms with Gasteiger partial charge in [-0.2, -0.15) is 13.2 Å². The second-order valence-corrected chi connectivity index (χ2v) is 5.07. The van der Waals surface area contributed by atoms with Crippen LogP contribution in [0.3, 0.4) is 0 Å². The highest BCUT2D eigenvalue weighted by molar-refractivity contribution is 5.35. The molecule has 0 saturated heterocycles. The molecule has 0 aliphatic heterocycles. The Balaban J connectivity index is 1.93. The average molecular weight is 258 g/mol. The zero-order chi connectivity index (χ0) is 13.2. The smallest absolute Gasteiger partial charge is 0.370 e.